The Morgan fingerprint density at radius 1 is 0.569 bits per heavy atom. The van der Waals surface area contributed by atoms with E-state index in [0.29, 0.717) is 18.4 Å². The van der Waals surface area contributed by atoms with Gasteiger partial charge in [-0.1, -0.05) is 76.8 Å². The van der Waals surface area contributed by atoms with Crippen molar-refractivity contribution in [2.45, 2.75) is 171 Å². The van der Waals surface area contributed by atoms with Gasteiger partial charge in [0.2, 0.25) is 59.1 Å². The number of hydrogen-bond acceptors (Lipinski definition) is 15. The van der Waals surface area contributed by atoms with Gasteiger partial charge in [-0.15, -0.1) is 0 Å². The van der Waals surface area contributed by atoms with E-state index in [4.69, 9.17) is 11.5 Å². The molecule has 1 saturated heterocycles. The summed E-state index contributed by atoms with van der Waals surface area (Å²) < 4.78 is 0. The number of phenols is 1. The summed E-state index contributed by atoms with van der Waals surface area (Å²) in [5, 5.41) is 68.6. The molecule has 2 rings (SSSR count). The van der Waals surface area contributed by atoms with Crippen LogP contribution in [0.2, 0.25) is 0 Å². The van der Waals surface area contributed by atoms with Crippen molar-refractivity contribution in [3.8, 4) is 5.75 Å². The fourth-order valence-electron chi connectivity index (χ4n) is 7.54. The van der Waals surface area contributed by atoms with Gasteiger partial charge >= 0.3 is 5.97 Å². The molecule has 26 nitrogen and oxygen atoms in total. The molecule has 9 unspecified atom stereocenters. The first-order valence-corrected chi connectivity index (χ1v) is 24.0. The molecule has 0 aliphatic carbocycles. The third-order valence-electron chi connectivity index (χ3n) is 11.5. The highest BCUT2D eigenvalue weighted by atomic mass is 16.4. The van der Waals surface area contributed by atoms with Crippen molar-refractivity contribution in [1.29, 1.82) is 0 Å². The van der Waals surface area contributed by atoms with E-state index in [1.807, 2.05) is 0 Å². The van der Waals surface area contributed by atoms with Gasteiger partial charge in [-0.3, -0.25) is 52.7 Å². The maximum atomic E-state index is 14.1. The lowest BCUT2D eigenvalue weighted by Crippen LogP contribution is -2.62. The second-order valence-corrected chi connectivity index (χ2v) is 17.7. The van der Waals surface area contributed by atoms with Gasteiger partial charge in [0, 0.05) is 25.3 Å². The molecule has 0 aromatic heterocycles. The van der Waals surface area contributed by atoms with Crippen LogP contribution in [-0.4, -0.2) is 158 Å². The van der Waals surface area contributed by atoms with E-state index in [2.05, 4.69) is 49.5 Å². The zero-order valence-corrected chi connectivity index (χ0v) is 40.6. The summed E-state index contributed by atoms with van der Waals surface area (Å²) >= 11 is 0. The van der Waals surface area contributed by atoms with Crippen molar-refractivity contribution < 1.29 is 78.3 Å². The summed E-state index contributed by atoms with van der Waals surface area (Å²) in [5.41, 5.74) is 11.2. The zero-order chi connectivity index (χ0) is 53.9. The van der Waals surface area contributed by atoms with Crippen LogP contribution in [-0.2, 0) is 59.2 Å². The van der Waals surface area contributed by atoms with Crippen molar-refractivity contribution in [2.24, 2.45) is 11.5 Å². The van der Waals surface area contributed by atoms with Gasteiger partial charge < -0.3 is 79.5 Å². The highest BCUT2D eigenvalue weighted by Crippen LogP contribution is 2.15. The summed E-state index contributed by atoms with van der Waals surface area (Å²) in [6.45, 7) is 0.925. The average Bonchev–Trinajstić information content (AvgIpc) is 3.31. The fraction of sp³-hybridized carbons (Fsp3) is 0.630. The Morgan fingerprint density at radius 3 is 1.50 bits per heavy atom. The molecule has 72 heavy (non-hydrogen) atoms. The Kier molecular flexibility index (Phi) is 27.3. The third kappa shape index (κ3) is 22.9. The van der Waals surface area contributed by atoms with Crippen LogP contribution in [0, 0.1) is 0 Å². The third-order valence-corrected chi connectivity index (χ3v) is 11.5. The molecular weight excluding hydrogens is 949 g/mol. The van der Waals surface area contributed by atoms with Crippen molar-refractivity contribution in [3.63, 3.8) is 0 Å². The number of benzene rings is 1. The number of nitrogens with one attached hydrogen (secondary N) is 8. The van der Waals surface area contributed by atoms with Crippen LogP contribution in [0.3, 0.4) is 0 Å². The second kappa shape index (κ2) is 32.1. The number of carboxylic acids is 1. The first kappa shape index (κ1) is 61.2. The van der Waals surface area contributed by atoms with Crippen LogP contribution in [0.5, 0.6) is 5.75 Å². The molecular formula is C46H72N10O16. The van der Waals surface area contributed by atoms with E-state index in [0.717, 1.165) is 51.9 Å². The Balaban J connectivity index is 2.71. The molecule has 1 aromatic carbocycles. The first-order chi connectivity index (χ1) is 34.1. The van der Waals surface area contributed by atoms with Crippen LogP contribution >= 0.6 is 0 Å². The van der Waals surface area contributed by atoms with Crippen molar-refractivity contribution in [2.75, 3.05) is 13.2 Å². The standard InChI is InChI=1S/C46H72N10O16/c1-3-4-5-6-7-8-9-10-11-12-27-20-37(63)50-31(21-35(47)61)42(68)52-30(19-26-13-15-28(60)16-14-26)41(67)53-32(22-36(48)62)43(69)55-33(23-57)44(70)51-29(17-18-38(64)65)40(66)54-34(24-58)45(71)56-39(25(2)59)46(72)49-27/h13-16,25,27,29-34,39,57-60H,3-12,17-24H2,1-2H3,(H2,47,61)(H2,48,62)(H,49,72)(H,50,63)(H,51,70)(H,52,68)(H,53,67)(H,54,66)(H,55,69)(H,56,71)(H,64,65). The van der Waals surface area contributed by atoms with Gasteiger partial charge in [-0.25, -0.2) is 0 Å². The number of phenolic OH excluding ortho intramolecular Hbond substituents is 1. The lowest BCUT2D eigenvalue weighted by molar-refractivity contribution is -0.139. The minimum absolute atomic E-state index is 0.160. The van der Waals surface area contributed by atoms with Crippen LogP contribution in [0.25, 0.3) is 0 Å². The molecule has 0 saturated carbocycles. The number of carbonyl (C=O) groups excluding carboxylic acids is 10. The Hall–Kier alpha value is -6.93. The molecule has 17 N–H and O–H groups in total. The molecule has 0 spiro atoms. The number of nitrogens with two attached hydrogens (primary N) is 2. The molecule has 9 atom stereocenters. The maximum absolute atomic E-state index is 14.1. The highest BCUT2D eigenvalue weighted by Gasteiger charge is 2.36. The molecule has 10 amide bonds. The molecule has 1 aromatic rings. The van der Waals surface area contributed by atoms with E-state index >= 15 is 0 Å². The zero-order valence-electron chi connectivity index (χ0n) is 40.6. The van der Waals surface area contributed by atoms with Crippen LogP contribution < -0.4 is 54.0 Å². The molecule has 1 fully saturated rings. The van der Waals surface area contributed by atoms with Gasteiger partial charge in [0.15, 0.2) is 0 Å². The average molecular weight is 1020 g/mol. The normalized spacial score (nSPS) is 24.0. The van der Waals surface area contributed by atoms with Gasteiger partial charge in [-0.05, 0) is 37.5 Å². The van der Waals surface area contributed by atoms with Gasteiger partial charge in [0.05, 0.1) is 32.2 Å². The molecule has 402 valence electrons. The number of rotatable bonds is 22. The van der Waals surface area contributed by atoms with Gasteiger partial charge in [-0.2, -0.15) is 0 Å². The summed E-state index contributed by atoms with van der Waals surface area (Å²) in [6.07, 6.45) is 2.79. The monoisotopic (exact) mass is 1020 g/mol. The van der Waals surface area contributed by atoms with Gasteiger partial charge in [0.25, 0.3) is 0 Å². The van der Waals surface area contributed by atoms with E-state index in [9.17, 15) is 78.3 Å². The summed E-state index contributed by atoms with van der Waals surface area (Å²) in [5.74, 6) is -13.2. The molecule has 1 heterocycles. The fourth-order valence-corrected chi connectivity index (χ4v) is 7.54. The lowest BCUT2D eigenvalue weighted by atomic mass is 10.0. The SMILES string of the molecule is CCCCCCCCCCCC1CC(=O)NC(CC(N)=O)C(=O)NC(Cc2ccc(O)cc2)C(=O)NC(CC(N)=O)C(=O)NC(CO)C(=O)NC(CCC(=O)O)C(=O)NC(CO)C(=O)NC(C(C)O)C(=O)N1. The van der Waals surface area contributed by atoms with Crippen LogP contribution in [0.1, 0.15) is 116 Å². The van der Waals surface area contributed by atoms with Gasteiger partial charge in [0.1, 0.15) is 48.0 Å². The molecule has 1 aliphatic heterocycles. The van der Waals surface area contributed by atoms with Crippen LogP contribution in [0.4, 0.5) is 0 Å². The predicted octanol–water partition coefficient (Wildman–Crippen LogP) is -3.88. The Morgan fingerprint density at radius 2 is 1.00 bits per heavy atom. The van der Waals surface area contributed by atoms with Crippen molar-refractivity contribution in [3.05, 3.63) is 29.8 Å². The number of hydrogen-bond donors (Lipinski definition) is 15. The number of aliphatic carboxylic acids is 1. The minimum Gasteiger partial charge on any atom is -0.508 e. The van der Waals surface area contributed by atoms with Crippen molar-refractivity contribution in [1.82, 2.24) is 42.5 Å². The summed E-state index contributed by atoms with van der Waals surface area (Å²) in [6, 6.07) is -8.61. The summed E-state index contributed by atoms with van der Waals surface area (Å²) in [4.78, 5) is 146. The number of amides is 10. The van der Waals surface area contributed by atoms with E-state index in [1.54, 1.807) is 0 Å². The number of aliphatic hydroxyl groups is 3. The Bertz CT molecular complexity index is 2020. The molecule has 0 bridgehead atoms. The van der Waals surface area contributed by atoms with E-state index < -0.39 is 165 Å². The minimum atomic E-state index is -1.98. The highest BCUT2D eigenvalue weighted by molar-refractivity contribution is 5.99. The number of aromatic hydroxyl groups is 1. The van der Waals surface area contributed by atoms with Crippen molar-refractivity contribution >= 4 is 65.0 Å². The Labute approximate surface area is 416 Å². The number of unbranched alkanes of at least 4 members (excludes halogenated alkanes) is 8. The number of carboxylic acid groups (broad SMARTS) is 1. The lowest BCUT2D eigenvalue weighted by Gasteiger charge is -2.28. The first-order valence-electron chi connectivity index (χ1n) is 24.0. The van der Waals surface area contributed by atoms with E-state index in [1.165, 1.54) is 24.3 Å². The smallest absolute Gasteiger partial charge is 0.303 e. The largest absolute Gasteiger partial charge is 0.508 e. The molecule has 1 aliphatic rings. The number of aliphatic hydroxyl groups excluding tert-OH is 3. The number of carbonyl (C=O) groups is 11. The maximum Gasteiger partial charge on any atom is 0.303 e. The van der Waals surface area contributed by atoms with Crippen LogP contribution in [0.15, 0.2) is 24.3 Å². The number of primary amides is 2. The molecule has 0 radical (unpaired) electrons. The molecule has 26 heteroatoms. The predicted molar refractivity (Wildman–Crippen MR) is 254 cm³/mol. The van der Waals surface area contributed by atoms with E-state index in [-0.39, 0.29) is 18.6 Å². The topological polar surface area (TPSA) is 437 Å². The summed E-state index contributed by atoms with van der Waals surface area (Å²) in [7, 11) is 0. The quantitative estimate of drug-likeness (QED) is 0.0494. The second-order valence-electron chi connectivity index (χ2n) is 17.7.